The molecule has 134 valence electrons. The van der Waals surface area contributed by atoms with Crippen LogP contribution in [0.1, 0.15) is 62.3 Å². The molecule has 0 saturated heterocycles. The second kappa shape index (κ2) is 11.2. The highest BCUT2D eigenvalue weighted by Gasteiger charge is 2.33. The minimum absolute atomic E-state index is 0.00250. The van der Waals surface area contributed by atoms with Gasteiger partial charge in [-0.2, -0.15) is 0 Å². The maximum atomic E-state index is 12.7. The predicted octanol–water partition coefficient (Wildman–Crippen LogP) is 5.53. The Kier molecular flexibility index (Phi) is 10.9. The van der Waals surface area contributed by atoms with E-state index in [0.717, 1.165) is 0 Å². The molecule has 23 heavy (non-hydrogen) atoms. The van der Waals surface area contributed by atoms with Crippen molar-refractivity contribution < 1.29 is 9.53 Å². The number of rotatable bonds is 9. The number of carbonyl (C=O) groups is 1. The summed E-state index contributed by atoms with van der Waals surface area (Å²) in [6.07, 6.45) is 3.98. The molecule has 1 atom stereocenters. The molecular weight excluding hydrogens is 301 g/mol. The van der Waals surface area contributed by atoms with E-state index in [2.05, 4.69) is 33.8 Å². The van der Waals surface area contributed by atoms with Gasteiger partial charge in [-0.15, -0.1) is 0 Å². The molecule has 0 heterocycles. The SMILES string of the molecule is C/C=C\[CH](OC(=O)N(C(C)C)C(C)C)[Al]([CH2]C(C)C)[CH2]C(C)C. The van der Waals surface area contributed by atoms with Crippen molar-refractivity contribution in [3.05, 3.63) is 12.2 Å². The summed E-state index contributed by atoms with van der Waals surface area (Å²) < 4.78 is 6.00. The van der Waals surface area contributed by atoms with Gasteiger partial charge in [-0.05, 0) is 34.6 Å². The van der Waals surface area contributed by atoms with Gasteiger partial charge in [-0.1, -0.05) is 62.2 Å². The van der Waals surface area contributed by atoms with Crippen LogP contribution < -0.4 is 0 Å². The first-order valence-corrected chi connectivity index (χ1v) is 11.5. The Balaban J connectivity index is 5.22. The van der Waals surface area contributed by atoms with Gasteiger partial charge in [-0.25, -0.2) is 4.79 Å². The summed E-state index contributed by atoms with van der Waals surface area (Å²) in [6, 6.07) is 0.313. The van der Waals surface area contributed by atoms with Crippen molar-refractivity contribution in [3.8, 4) is 0 Å². The first-order valence-electron chi connectivity index (χ1n) is 9.21. The Hall–Kier alpha value is -0.458. The predicted molar refractivity (Wildman–Crippen MR) is 102 cm³/mol. The topological polar surface area (TPSA) is 29.5 Å². The van der Waals surface area contributed by atoms with Crippen molar-refractivity contribution in [2.75, 3.05) is 0 Å². The average Bonchev–Trinajstić information content (AvgIpc) is 2.35. The van der Waals surface area contributed by atoms with Crippen LogP contribution in [0.4, 0.5) is 4.79 Å². The van der Waals surface area contributed by atoms with Gasteiger partial charge in [0, 0.05) is 12.1 Å². The van der Waals surface area contributed by atoms with Crippen molar-refractivity contribution in [2.24, 2.45) is 11.8 Å². The fourth-order valence-electron chi connectivity index (χ4n) is 3.25. The standard InChI is InChI=1S/C11H20NO2.2C4H9.Al/c1-6-7-8-14-11(13)12(9(2)3)10(4)5;2*1-4(2)3;/h6-10H,1-5H3;2*4H,1H2,2-3H3;/b7-6-;;;. The lowest BCUT2D eigenvalue weighted by atomic mass is 10.2. The highest BCUT2D eigenvalue weighted by molar-refractivity contribution is 6.61. The van der Waals surface area contributed by atoms with Crippen LogP contribution >= 0.6 is 0 Å². The van der Waals surface area contributed by atoms with E-state index in [9.17, 15) is 4.79 Å². The van der Waals surface area contributed by atoms with E-state index >= 15 is 0 Å². The lowest BCUT2D eigenvalue weighted by molar-refractivity contribution is 0.0770. The maximum Gasteiger partial charge on any atom is 0.409 e. The summed E-state index contributed by atoms with van der Waals surface area (Å²) in [5.41, 5.74) is 0. The van der Waals surface area contributed by atoms with Gasteiger partial charge in [-0.3, -0.25) is 0 Å². The molecule has 0 spiro atoms. The van der Waals surface area contributed by atoms with Crippen LogP contribution in [0.5, 0.6) is 0 Å². The molecule has 0 fully saturated rings. The van der Waals surface area contributed by atoms with Gasteiger partial charge in [0.2, 0.25) is 0 Å². The quantitative estimate of drug-likeness (QED) is 0.408. The third-order valence-electron chi connectivity index (χ3n) is 3.96. The Morgan fingerprint density at radius 1 is 0.957 bits per heavy atom. The number of amides is 1. The molecule has 0 aliphatic carbocycles. The van der Waals surface area contributed by atoms with E-state index in [1.54, 1.807) is 0 Å². The van der Waals surface area contributed by atoms with Crippen molar-refractivity contribution in [3.63, 3.8) is 0 Å². The molecule has 0 aliphatic heterocycles. The van der Waals surface area contributed by atoms with E-state index in [1.807, 2.05) is 45.6 Å². The van der Waals surface area contributed by atoms with Crippen LogP contribution in [-0.2, 0) is 4.74 Å². The Morgan fingerprint density at radius 2 is 1.39 bits per heavy atom. The molecule has 0 rings (SSSR count). The van der Waals surface area contributed by atoms with Gasteiger partial charge in [0.05, 0.1) is 4.97 Å². The van der Waals surface area contributed by atoms with Gasteiger partial charge in [0.25, 0.3) is 0 Å². The number of carbonyl (C=O) groups excluding carboxylic acids is 1. The van der Waals surface area contributed by atoms with E-state index in [-0.39, 0.29) is 23.1 Å². The van der Waals surface area contributed by atoms with Crippen LogP contribution in [0.2, 0.25) is 10.6 Å². The number of allylic oxidation sites excluding steroid dienone is 1. The minimum Gasteiger partial charge on any atom is -0.458 e. The molecule has 0 aromatic carbocycles. The minimum atomic E-state index is -1.20. The molecule has 0 bridgehead atoms. The molecule has 1 amide bonds. The number of ether oxygens (including phenoxy) is 1. The van der Waals surface area contributed by atoms with E-state index < -0.39 is 14.1 Å². The Bertz CT molecular complexity index is 346. The fourth-order valence-corrected chi connectivity index (χ4v) is 7.25. The monoisotopic (exact) mass is 339 g/mol. The first-order chi connectivity index (χ1) is 10.6. The molecule has 3 nitrogen and oxygen atoms in total. The van der Waals surface area contributed by atoms with Gasteiger partial charge < -0.3 is 9.64 Å². The summed E-state index contributed by atoms with van der Waals surface area (Å²) >= 11 is -1.20. The molecule has 0 aromatic heterocycles. The molecular formula is C19H38AlNO2. The van der Waals surface area contributed by atoms with Crippen molar-refractivity contribution in [1.29, 1.82) is 0 Å². The normalized spacial score (nSPS) is 13.4. The summed E-state index contributed by atoms with van der Waals surface area (Å²) in [6.45, 7) is 19.3. The van der Waals surface area contributed by atoms with Crippen LogP contribution in [0, 0.1) is 11.8 Å². The van der Waals surface area contributed by atoms with E-state index in [0.29, 0.717) is 11.8 Å². The number of hydrogen-bond donors (Lipinski definition) is 0. The number of hydrogen-bond acceptors (Lipinski definition) is 2. The highest BCUT2D eigenvalue weighted by atomic mass is 27.2. The van der Waals surface area contributed by atoms with Crippen molar-refractivity contribution in [1.82, 2.24) is 4.90 Å². The summed E-state index contributed by atoms with van der Waals surface area (Å²) in [7, 11) is 0. The third-order valence-corrected chi connectivity index (χ3v) is 8.34. The lowest BCUT2D eigenvalue weighted by Gasteiger charge is -2.33. The summed E-state index contributed by atoms with van der Waals surface area (Å²) in [4.78, 5) is 14.5. The molecule has 0 aliphatic rings. The smallest absolute Gasteiger partial charge is 0.409 e. The molecule has 4 heteroatoms. The second-order valence-corrected chi connectivity index (χ2v) is 11.1. The molecule has 0 radical (unpaired) electrons. The molecule has 0 saturated carbocycles. The van der Waals surface area contributed by atoms with Gasteiger partial charge >= 0.3 is 20.2 Å². The van der Waals surface area contributed by atoms with Gasteiger partial charge in [0.1, 0.15) is 0 Å². The number of nitrogens with zero attached hydrogens (tertiary/aromatic N) is 1. The summed E-state index contributed by atoms with van der Waals surface area (Å²) in [5.74, 6) is 1.31. The maximum absolute atomic E-state index is 12.7. The largest absolute Gasteiger partial charge is 0.458 e. The summed E-state index contributed by atoms with van der Waals surface area (Å²) in [5, 5.41) is 2.42. The lowest BCUT2D eigenvalue weighted by Crippen LogP contribution is -2.46. The van der Waals surface area contributed by atoms with Crippen LogP contribution in [0.15, 0.2) is 12.2 Å². The van der Waals surface area contributed by atoms with E-state index in [1.165, 1.54) is 10.6 Å². The third kappa shape index (κ3) is 8.82. The average molecular weight is 340 g/mol. The van der Waals surface area contributed by atoms with Crippen molar-refractivity contribution in [2.45, 2.75) is 89.9 Å². The fraction of sp³-hybridized carbons (Fsp3) is 0.842. The zero-order chi connectivity index (χ0) is 18.2. The second-order valence-electron chi connectivity index (χ2n) is 7.99. The molecule has 0 aromatic rings. The van der Waals surface area contributed by atoms with Crippen LogP contribution in [0.3, 0.4) is 0 Å². The molecule has 0 N–H and O–H groups in total. The van der Waals surface area contributed by atoms with Crippen molar-refractivity contribution >= 4 is 20.2 Å². The highest BCUT2D eigenvalue weighted by Crippen LogP contribution is 2.21. The van der Waals surface area contributed by atoms with Crippen LogP contribution in [-0.4, -0.2) is 42.2 Å². The Morgan fingerprint density at radius 3 is 1.70 bits per heavy atom. The van der Waals surface area contributed by atoms with Gasteiger partial charge in [0.15, 0.2) is 0 Å². The van der Waals surface area contributed by atoms with E-state index in [4.69, 9.17) is 4.74 Å². The Labute approximate surface area is 148 Å². The van der Waals surface area contributed by atoms with Crippen LogP contribution in [0.25, 0.3) is 0 Å². The first kappa shape index (κ1) is 22.5. The zero-order valence-electron chi connectivity index (χ0n) is 16.8. The molecule has 1 unspecified atom stereocenters. The zero-order valence-corrected chi connectivity index (χ0v) is 18.0.